The van der Waals surface area contributed by atoms with Crippen LogP contribution < -0.4 is 0 Å². The van der Waals surface area contributed by atoms with E-state index in [1.807, 2.05) is 25.1 Å². The Hall–Kier alpha value is -2.77. The van der Waals surface area contributed by atoms with Crippen molar-refractivity contribution in [3.63, 3.8) is 0 Å². The van der Waals surface area contributed by atoms with Gasteiger partial charge in [-0.2, -0.15) is 0 Å². The van der Waals surface area contributed by atoms with Crippen molar-refractivity contribution in [2.45, 2.75) is 13.5 Å². The number of carboxylic acids is 1. The Morgan fingerprint density at radius 3 is 2.64 bits per heavy atom. The van der Waals surface area contributed by atoms with Crippen molar-refractivity contribution in [3.8, 4) is 0 Å². The third kappa shape index (κ3) is 5.37. The molecule has 1 saturated heterocycles. The maximum atomic E-state index is 10.5. The van der Waals surface area contributed by atoms with E-state index < -0.39 is 5.97 Å². The number of hydrogen-bond donors (Lipinski definition) is 1. The highest BCUT2D eigenvalue weighted by Gasteiger charge is 2.18. The minimum Gasteiger partial charge on any atom is -0.489 e. The highest BCUT2D eigenvalue weighted by Crippen LogP contribution is 2.16. The topological polar surface area (TPSA) is 78.8 Å². The van der Waals surface area contributed by atoms with Gasteiger partial charge in [-0.1, -0.05) is 30.9 Å². The number of aliphatic carboxylic acids is 1. The van der Waals surface area contributed by atoms with E-state index in [0.717, 1.165) is 60.7 Å². The highest BCUT2D eigenvalue weighted by atomic mass is 16.5. The predicted octanol–water partition coefficient (Wildman–Crippen LogP) is 2.23. The van der Waals surface area contributed by atoms with E-state index >= 15 is 0 Å². The zero-order chi connectivity index (χ0) is 19.9. The molecule has 7 nitrogen and oxygen atoms in total. The standard InChI is InChI=1S/C21H26N4O3/c1-3-17(14-28-15-21(26)27)12-24-8-10-25(11-9-24)13-20-22-16(2)18-6-4-5-7-19(18)23-20/h3-7,14H,1,8-13,15H2,2H3,(H,26,27)/b17-14-. The monoisotopic (exact) mass is 382 g/mol. The summed E-state index contributed by atoms with van der Waals surface area (Å²) in [5, 5.41) is 9.74. The summed E-state index contributed by atoms with van der Waals surface area (Å²) in [5.74, 6) is -0.127. The Morgan fingerprint density at radius 2 is 1.93 bits per heavy atom. The van der Waals surface area contributed by atoms with Crippen molar-refractivity contribution in [2.24, 2.45) is 0 Å². The first-order valence-corrected chi connectivity index (χ1v) is 9.37. The van der Waals surface area contributed by atoms with E-state index in [-0.39, 0.29) is 6.61 Å². The van der Waals surface area contributed by atoms with Gasteiger partial charge in [0.1, 0.15) is 5.82 Å². The van der Waals surface area contributed by atoms with Crippen LogP contribution in [0.2, 0.25) is 0 Å². The number of carboxylic acid groups (broad SMARTS) is 1. The highest BCUT2D eigenvalue weighted by molar-refractivity contribution is 5.80. The Bertz CT molecular complexity index is 873. The van der Waals surface area contributed by atoms with E-state index in [0.29, 0.717) is 6.54 Å². The summed E-state index contributed by atoms with van der Waals surface area (Å²) in [7, 11) is 0. The molecule has 148 valence electrons. The number of benzene rings is 1. The van der Waals surface area contributed by atoms with E-state index in [2.05, 4.69) is 27.4 Å². The second-order valence-corrected chi connectivity index (χ2v) is 6.90. The fourth-order valence-electron chi connectivity index (χ4n) is 3.30. The second kappa shape index (κ2) is 9.43. The maximum absolute atomic E-state index is 10.5. The minimum atomic E-state index is -0.987. The van der Waals surface area contributed by atoms with Gasteiger partial charge < -0.3 is 9.84 Å². The van der Waals surface area contributed by atoms with Crippen LogP contribution in [-0.4, -0.2) is 70.2 Å². The number of aryl methyl sites for hydroxylation is 1. The van der Waals surface area contributed by atoms with Gasteiger partial charge in [0, 0.05) is 49.4 Å². The van der Waals surface area contributed by atoms with Crippen molar-refractivity contribution >= 4 is 16.9 Å². The van der Waals surface area contributed by atoms with Crippen molar-refractivity contribution in [2.75, 3.05) is 39.3 Å². The average Bonchev–Trinajstić information content (AvgIpc) is 2.68. The molecule has 2 aromatic rings. The number of carbonyl (C=O) groups is 1. The van der Waals surface area contributed by atoms with Gasteiger partial charge in [-0.3, -0.25) is 9.80 Å². The van der Waals surface area contributed by atoms with Crippen LogP contribution in [0.3, 0.4) is 0 Å². The lowest BCUT2D eigenvalue weighted by Gasteiger charge is -2.34. The van der Waals surface area contributed by atoms with Gasteiger partial charge in [0.15, 0.2) is 6.61 Å². The zero-order valence-electron chi connectivity index (χ0n) is 16.2. The van der Waals surface area contributed by atoms with Crippen molar-refractivity contribution in [1.29, 1.82) is 0 Å². The van der Waals surface area contributed by atoms with Crippen LogP contribution in [0.15, 0.2) is 48.8 Å². The van der Waals surface area contributed by atoms with Gasteiger partial charge in [0.25, 0.3) is 0 Å². The third-order valence-electron chi connectivity index (χ3n) is 4.78. The first-order valence-electron chi connectivity index (χ1n) is 9.37. The SMILES string of the molecule is C=C/C(=C/OCC(=O)O)CN1CCN(Cc2nc(C)c3ccccc3n2)CC1. The number of fused-ring (bicyclic) bond motifs is 1. The average molecular weight is 382 g/mol. The molecule has 1 fully saturated rings. The molecule has 0 spiro atoms. The van der Waals surface area contributed by atoms with E-state index in [4.69, 9.17) is 14.8 Å². The van der Waals surface area contributed by atoms with Gasteiger partial charge >= 0.3 is 5.97 Å². The molecular formula is C21H26N4O3. The number of rotatable bonds is 8. The minimum absolute atomic E-state index is 0.337. The molecule has 0 bridgehead atoms. The van der Waals surface area contributed by atoms with Crippen LogP contribution in [0.1, 0.15) is 11.5 Å². The van der Waals surface area contributed by atoms with Gasteiger partial charge in [-0.25, -0.2) is 14.8 Å². The van der Waals surface area contributed by atoms with Crippen LogP contribution in [0.25, 0.3) is 10.9 Å². The van der Waals surface area contributed by atoms with Gasteiger partial charge in [-0.15, -0.1) is 0 Å². The molecule has 0 radical (unpaired) electrons. The van der Waals surface area contributed by atoms with Crippen LogP contribution >= 0.6 is 0 Å². The molecule has 1 N–H and O–H groups in total. The number of aromatic nitrogens is 2. The number of ether oxygens (including phenoxy) is 1. The molecule has 0 unspecified atom stereocenters. The normalized spacial score (nSPS) is 16.2. The molecule has 1 aromatic carbocycles. The summed E-state index contributed by atoms with van der Waals surface area (Å²) in [6, 6.07) is 8.09. The molecule has 0 saturated carbocycles. The number of piperazine rings is 1. The largest absolute Gasteiger partial charge is 0.489 e. The van der Waals surface area contributed by atoms with E-state index in [1.54, 1.807) is 6.08 Å². The summed E-state index contributed by atoms with van der Waals surface area (Å²) in [6.45, 7) is 10.6. The van der Waals surface area contributed by atoms with Crippen LogP contribution in [0.5, 0.6) is 0 Å². The number of nitrogens with zero attached hydrogens (tertiary/aromatic N) is 4. The lowest BCUT2D eigenvalue weighted by molar-refractivity contribution is -0.140. The molecule has 0 atom stereocenters. The molecule has 2 heterocycles. The molecule has 0 aliphatic carbocycles. The smallest absolute Gasteiger partial charge is 0.341 e. The zero-order valence-corrected chi connectivity index (χ0v) is 16.2. The summed E-state index contributed by atoms with van der Waals surface area (Å²) < 4.78 is 5.05. The fourth-order valence-corrected chi connectivity index (χ4v) is 3.30. The van der Waals surface area contributed by atoms with E-state index in [1.165, 1.54) is 6.26 Å². The van der Waals surface area contributed by atoms with Gasteiger partial charge in [-0.05, 0) is 13.0 Å². The number of para-hydroxylation sites is 1. The molecule has 3 rings (SSSR count). The molecule has 1 aromatic heterocycles. The Morgan fingerprint density at radius 1 is 1.21 bits per heavy atom. The second-order valence-electron chi connectivity index (χ2n) is 6.90. The first kappa shape index (κ1) is 20.0. The Kier molecular flexibility index (Phi) is 6.73. The number of hydrogen-bond acceptors (Lipinski definition) is 6. The summed E-state index contributed by atoms with van der Waals surface area (Å²) in [6.07, 6.45) is 3.19. The first-order chi connectivity index (χ1) is 13.5. The summed E-state index contributed by atoms with van der Waals surface area (Å²) in [5.41, 5.74) is 2.88. The Balaban J connectivity index is 1.53. The molecule has 1 aliphatic heterocycles. The van der Waals surface area contributed by atoms with Crippen LogP contribution in [-0.2, 0) is 16.1 Å². The Labute approximate surface area is 165 Å². The lowest BCUT2D eigenvalue weighted by Crippen LogP contribution is -2.46. The van der Waals surface area contributed by atoms with Gasteiger partial charge in [0.2, 0.25) is 0 Å². The lowest BCUT2D eigenvalue weighted by atomic mass is 10.2. The molecule has 28 heavy (non-hydrogen) atoms. The van der Waals surface area contributed by atoms with Crippen LogP contribution in [0, 0.1) is 6.92 Å². The van der Waals surface area contributed by atoms with E-state index in [9.17, 15) is 4.79 Å². The van der Waals surface area contributed by atoms with Gasteiger partial charge in [0.05, 0.1) is 18.3 Å². The maximum Gasteiger partial charge on any atom is 0.341 e. The quantitative estimate of drug-likeness (QED) is 0.554. The third-order valence-corrected chi connectivity index (χ3v) is 4.78. The van der Waals surface area contributed by atoms with Crippen LogP contribution in [0.4, 0.5) is 0 Å². The summed E-state index contributed by atoms with van der Waals surface area (Å²) in [4.78, 5) is 24.6. The van der Waals surface area contributed by atoms with Crippen molar-refractivity contribution in [3.05, 3.63) is 60.3 Å². The van der Waals surface area contributed by atoms with Crippen molar-refractivity contribution in [1.82, 2.24) is 19.8 Å². The fraction of sp³-hybridized carbons (Fsp3) is 0.381. The molecule has 7 heteroatoms. The molecule has 0 amide bonds. The molecule has 1 aliphatic rings. The predicted molar refractivity (Wildman–Crippen MR) is 108 cm³/mol. The van der Waals surface area contributed by atoms with Crippen molar-refractivity contribution < 1.29 is 14.6 Å². The molecular weight excluding hydrogens is 356 g/mol. The summed E-state index contributed by atoms with van der Waals surface area (Å²) >= 11 is 0.